The number of hydrogen-bond donors (Lipinski definition) is 2. The third kappa shape index (κ3) is 4.79. The summed E-state index contributed by atoms with van der Waals surface area (Å²) in [5, 5.41) is 2.76. The zero-order chi connectivity index (χ0) is 15.0. The summed E-state index contributed by atoms with van der Waals surface area (Å²) < 4.78 is 4.84. The average Bonchev–Trinajstić information content (AvgIpc) is 2.47. The van der Waals surface area contributed by atoms with Crippen LogP contribution in [0.2, 0.25) is 0 Å². The molecule has 0 aliphatic rings. The number of nitrogens with two attached hydrogens (primary N) is 1. The van der Waals surface area contributed by atoms with Gasteiger partial charge in [0, 0.05) is 32.9 Å². The second kappa shape index (κ2) is 8.50. The van der Waals surface area contributed by atoms with Crippen molar-refractivity contribution < 1.29 is 9.53 Å². The number of anilines is 1. The predicted octanol–water partition coefficient (Wildman–Crippen LogP) is 0.518. The van der Waals surface area contributed by atoms with Crippen LogP contribution in [0.15, 0.2) is 18.3 Å². The number of methoxy groups -OCH3 is 1. The molecule has 0 saturated carbocycles. The van der Waals surface area contributed by atoms with Crippen molar-refractivity contribution in [2.24, 2.45) is 5.73 Å². The smallest absolute Gasteiger partial charge is 0.239 e. The van der Waals surface area contributed by atoms with Crippen LogP contribution in [0.25, 0.3) is 0 Å². The fraction of sp³-hybridized carbons (Fsp3) is 0.571. The van der Waals surface area contributed by atoms with E-state index in [0.717, 1.165) is 24.5 Å². The van der Waals surface area contributed by atoms with Crippen molar-refractivity contribution in [3.63, 3.8) is 0 Å². The molecule has 3 N–H and O–H groups in total. The van der Waals surface area contributed by atoms with Crippen LogP contribution < -0.4 is 16.0 Å². The van der Waals surface area contributed by atoms with Gasteiger partial charge >= 0.3 is 0 Å². The first-order chi connectivity index (χ1) is 9.62. The van der Waals surface area contributed by atoms with Gasteiger partial charge in [0.15, 0.2) is 0 Å². The minimum absolute atomic E-state index is 0.213. The molecule has 1 aromatic heterocycles. The summed E-state index contributed by atoms with van der Waals surface area (Å²) in [6.45, 7) is 6.66. The maximum atomic E-state index is 11.6. The van der Waals surface area contributed by atoms with E-state index < -0.39 is 6.04 Å². The van der Waals surface area contributed by atoms with Crippen molar-refractivity contribution in [3.8, 4) is 0 Å². The van der Waals surface area contributed by atoms with Crippen LogP contribution in [0.3, 0.4) is 0 Å². The van der Waals surface area contributed by atoms with Gasteiger partial charge in [0.1, 0.15) is 11.9 Å². The molecule has 6 heteroatoms. The lowest BCUT2D eigenvalue weighted by molar-refractivity contribution is -0.123. The zero-order valence-corrected chi connectivity index (χ0v) is 12.4. The lowest BCUT2D eigenvalue weighted by Gasteiger charge is -2.19. The zero-order valence-electron chi connectivity index (χ0n) is 12.4. The van der Waals surface area contributed by atoms with Gasteiger partial charge in [0.2, 0.25) is 5.91 Å². The van der Waals surface area contributed by atoms with Crippen LogP contribution in [-0.2, 0) is 16.1 Å². The molecule has 0 bridgehead atoms. The van der Waals surface area contributed by atoms with Gasteiger partial charge in [-0.15, -0.1) is 0 Å². The maximum absolute atomic E-state index is 11.6. The molecule has 0 aliphatic heterocycles. The molecule has 1 heterocycles. The molecule has 0 saturated heterocycles. The summed E-state index contributed by atoms with van der Waals surface area (Å²) >= 11 is 0. The molecule has 6 nitrogen and oxygen atoms in total. The largest absolute Gasteiger partial charge is 0.383 e. The van der Waals surface area contributed by atoms with E-state index in [0.29, 0.717) is 6.54 Å². The van der Waals surface area contributed by atoms with Crippen LogP contribution in [0.5, 0.6) is 0 Å². The molecular formula is C14H24N4O2. The van der Waals surface area contributed by atoms with Gasteiger partial charge in [-0.1, -0.05) is 6.07 Å². The fourth-order valence-electron chi connectivity index (χ4n) is 1.83. The first-order valence-corrected chi connectivity index (χ1v) is 6.84. The Balaban J connectivity index is 2.51. The van der Waals surface area contributed by atoms with E-state index in [1.165, 1.54) is 7.11 Å². The van der Waals surface area contributed by atoms with Crippen molar-refractivity contribution in [3.05, 3.63) is 23.9 Å². The number of amides is 1. The van der Waals surface area contributed by atoms with E-state index in [2.05, 4.69) is 29.0 Å². The van der Waals surface area contributed by atoms with Crippen LogP contribution >= 0.6 is 0 Å². The monoisotopic (exact) mass is 280 g/mol. The highest BCUT2D eigenvalue weighted by Gasteiger charge is 2.12. The van der Waals surface area contributed by atoms with E-state index in [1.807, 2.05) is 12.1 Å². The predicted molar refractivity (Wildman–Crippen MR) is 79.5 cm³/mol. The maximum Gasteiger partial charge on any atom is 0.239 e. The average molecular weight is 280 g/mol. The van der Waals surface area contributed by atoms with E-state index in [1.54, 1.807) is 6.20 Å². The van der Waals surface area contributed by atoms with Crippen molar-refractivity contribution >= 4 is 11.7 Å². The first-order valence-electron chi connectivity index (χ1n) is 6.84. The summed E-state index contributed by atoms with van der Waals surface area (Å²) in [4.78, 5) is 18.2. The number of hydrogen-bond acceptors (Lipinski definition) is 5. The molecule has 0 radical (unpaired) electrons. The summed E-state index contributed by atoms with van der Waals surface area (Å²) in [6.07, 6.45) is 1.77. The van der Waals surface area contributed by atoms with Crippen LogP contribution in [0, 0.1) is 0 Å². The number of ether oxygens (including phenoxy) is 1. The second-order valence-corrected chi connectivity index (χ2v) is 4.48. The van der Waals surface area contributed by atoms with E-state index in [-0.39, 0.29) is 12.5 Å². The fourth-order valence-corrected chi connectivity index (χ4v) is 1.83. The number of carbonyl (C=O) groups is 1. The van der Waals surface area contributed by atoms with Crippen LogP contribution in [-0.4, -0.2) is 43.7 Å². The molecule has 1 unspecified atom stereocenters. The molecule has 0 spiro atoms. The minimum atomic E-state index is -0.636. The van der Waals surface area contributed by atoms with Gasteiger partial charge in [-0.05, 0) is 25.5 Å². The lowest BCUT2D eigenvalue weighted by atomic mass is 10.2. The Kier molecular flexibility index (Phi) is 6.97. The lowest BCUT2D eigenvalue weighted by Crippen LogP contribution is -2.43. The molecule has 112 valence electrons. The Hall–Kier alpha value is -1.66. The minimum Gasteiger partial charge on any atom is -0.383 e. The number of nitrogens with zero attached hydrogens (tertiary/aromatic N) is 2. The highest BCUT2D eigenvalue weighted by atomic mass is 16.5. The number of aromatic nitrogens is 1. The molecule has 1 atom stereocenters. The normalized spacial score (nSPS) is 12.0. The number of carbonyl (C=O) groups excluding carboxylic acids is 1. The molecule has 0 aromatic carbocycles. The topological polar surface area (TPSA) is 80.5 Å². The van der Waals surface area contributed by atoms with Gasteiger partial charge in [0.05, 0.1) is 6.61 Å². The number of pyridine rings is 1. The van der Waals surface area contributed by atoms with Crippen LogP contribution in [0.4, 0.5) is 5.82 Å². The highest BCUT2D eigenvalue weighted by Crippen LogP contribution is 2.10. The Morgan fingerprint density at radius 1 is 1.45 bits per heavy atom. The highest BCUT2D eigenvalue weighted by molar-refractivity contribution is 5.81. The van der Waals surface area contributed by atoms with Gasteiger partial charge in [-0.25, -0.2) is 4.98 Å². The van der Waals surface area contributed by atoms with Gasteiger partial charge in [-0.2, -0.15) is 0 Å². The van der Waals surface area contributed by atoms with Crippen molar-refractivity contribution in [2.45, 2.75) is 26.4 Å². The molecule has 1 amide bonds. The van der Waals surface area contributed by atoms with Crippen molar-refractivity contribution in [1.82, 2.24) is 10.3 Å². The van der Waals surface area contributed by atoms with Crippen molar-refractivity contribution in [1.29, 1.82) is 0 Å². The molecule has 1 rings (SSSR count). The number of nitrogens with one attached hydrogen (secondary N) is 1. The third-order valence-electron chi connectivity index (χ3n) is 3.05. The van der Waals surface area contributed by atoms with E-state index in [9.17, 15) is 4.79 Å². The Morgan fingerprint density at radius 2 is 2.15 bits per heavy atom. The third-order valence-corrected chi connectivity index (χ3v) is 3.05. The second-order valence-electron chi connectivity index (χ2n) is 4.48. The van der Waals surface area contributed by atoms with Gasteiger partial charge < -0.3 is 20.7 Å². The van der Waals surface area contributed by atoms with E-state index >= 15 is 0 Å². The molecule has 20 heavy (non-hydrogen) atoms. The summed E-state index contributed by atoms with van der Waals surface area (Å²) in [6, 6.07) is 3.29. The van der Waals surface area contributed by atoms with Gasteiger partial charge in [-0.3, -0.25) is 4.79 Å². The molecule has 0 fully saturated rings. The Labute approximate surface area is 120 Å². The standard InChI is InChI=1S/C14H24N4O2/c1-4-18(5-2)13-7-6-11(8-16-13)9-17-14(19)12(15)10-20-3/h6-8,12H,4-5,9-10,15H2,1-3H3,(H,17,19). The van der Waals surface area contributed by atoms with E-state index in [4.69, 9.17) is 10.5 Å². The molecule has 0 aliphatic carbocycles. The van der Waals surface area contributed by atoms with Crippen molar-refractivity contribution in [2.75, 3.05) is 31.7 Å². The molecular weight excluding hydrogens is 256 g/mol. The SMILES string of the molecule is CCN(CC)c1ccc(CNC(=O)C(N)COC)cn1. The Morgan fingerprint density at radius 3 is 2.65 bits per heavy atom. The Bertz CT molecular complexity index is 404. The summed E-state index contributed by atoms with van der Waals surface area (Å²) in [7, 11) is 1.52. The molecule has 1 aromatic rings. The van der Waals surface area contributed by atoms with Gasteiger partial charge in [0.25, 0.3) is 0 Å². The quantitative estimate of drug-likeness (QED) is 0.725. The number of rotatable bonds is 8. The summed E-state index contributed by atoms with van der Waals surface area (Å²) in [5.74, 6) is 0.723. The summed E-state index contributed by atoms with van der Waals surface area (Å²) in [5.41, 5.74) is 6.58. The van der Waals surface area contributed by atoms with Crippen LogP contribution in [0.1, 0.15) is 19.4 Å². The first kappa shape index (κ1) is 16.4.